The van der Waals surface area contributed by atoms with Crippen molar-refractivity contribution in [3.63, 3.8) is 0 Å². The molecule has 0 radical (unpaired) electrons. The number of carbonyl (C=O) groups is 2. The van der Waals surface area contributed by atoms with E-state index in [1.807, 2.05) is 52.0 Å². The Bertz CT molecular complexity index is 877. The van der Waals surface area contributed by atoms with Gasteiger partial charge in [-0.05, 0) is 74.2 Å². The zero-order valence-electron chi connectivity index (χ0n) is 17.6. The van der Waals surface area contributed by atoms with Gasteiger partial charge < -0.3 is 9.47 Å². The van der Waals surface area contributed by atoms with Crippen molar-refractivity contribution in [2.24, 2.45) is 10.2 Å². The molecule has 8 nitrogen and oxygen atoms in total. The van der Waals surface area contributed by atoms with Crippen LogP contribution in [0.25, 0.3) is 0 Å². The van der Waals surface area contributed by atoms with E-state index in [-0.39, 0.29) is 13.2 Å². The monoisotopic (exact) mass is 410 g/mol. The van der Waals surface area contributed by atoms with Crippen LogP contribution in [-0.4, -0.2) is 37.5 Å². The molecule has 0 saturated heterocycles. The van der Waals surface area contributed by atoms with Gasteiger partial charge in [0.15, 0.2) is 13.2 Å². The van der Waals surface area contributed by atoms with Gasteiger partial charge in [0.2, 0.25) is 0 Å². The Balaban J connectivity index is 1.63. The first-order valence-electron chi connectivity index (χ1n) is 9.37. The van der Waals surface area contributed by atoms with Crippen LogP contribution in [-0.2, 0) is 9.59 Å². The maximum atomic E-state index is 11.7. The highest BCUT2D eigenvalue weighted by molar-refractivity contribution is 6.16. The van der Waals surface area contributed by atoms with Crippen molar-refractivity contribution < 1.29 is 19.1 Å². The Morgan fingerprint density at radius 3 is 1.50 bits per heavy atom. The molecule has 2 rings (SSSR count). The Morgan fingerprint density at radius 2 is 1.13 bits per heavy atom. The van der Waals surface area contributed by atoms with Gasteiger partial charge in [0.25, 0.3) is 11.8 Å². The fraction of sp³-hybridized carbons (Fsp3) is 0.273. The molecule has 0 heterocycles. The summed E-state index contributed by atoms with van der Waals surface area (Å²) in [7, 11) is 0. The standard InChI is InChI=1S/C22H26N4O4/c1-15-5-7-19(11-17(15)3)29-13-21(27)25-23-9-10-24-26-22(28)14-30-20-8-6-16(2)18(4)12-20/h5-12H,13-14H2,1-4H3,(H,25,27)(H,26,28). The van der Waals surface area contributed by atoms with Crippen molar-refractivity contribution in [1.29, 1.82) is 0 Å². The Labute approximate surface area is 176 Å². The molecule has 2 amide bonds. The molecule has 0 aliphatic rings. The molecule has 0 bridgehead atoms. The average molecular weight is 410 g/mol. The molecule has 0 saturated carbocycles. The van der Waals surface area contributed by atoms with Crippen molar-refractivity contribution >= 4 is 24.2 Å². The summed E-state index contributed by atoms with van der Waals surface area (Å²) in [4.78, 5) is 23.4. The largest absolute Gasteiger partial charge is 0.484 e. The van der Waals surface area contributed by atoms with E-state index in [9.17, 15) is 9.59 Å². The normalized spacial score (nSPS) is 10.9. The third kappa shape index (κ3) is 7.75. The first-order valence-corrected chi connectivity index (χ1v) is 9.37. The molecule has 0 aromatic heterocycles. The summed E-state index contributed by atoms with van der Waals surface area (Å²) in [5.74, 6) is 0.404. The maximum Gasteiger partial charge on any atom is 0.277 e. The molecule has 2 N–H and O–H groups in total. The number of hydrazone groups is 2. The van der Waals surface area contributed by atoms with Gasteiger partial charge in [-0.2, -0.15) is 10.2 Å². The lowest BCUT2D eigenvalue weighted by Gasteiger charge is -2.07. The zero-order valence-corrected chi connectivity index (χ0v) is 17.6. The number of hydrogen-bond acceptors (Lipinski definition) is 6. The van der Waals surface area contributed by atoms with Crippen molar-refractivity contribution in [1.82, 2.24) is 10.9 Å². The van der Waals surface area contributed by atoms with Crippen LogP contribution in [0, 0.1) is 27.7 Å². The molecule has 0 aliphatic carbocycles. The second-order valence-corrected chi connectivity index (χ2v) is 6.70. The third-order valence-corrected chi connectivity index (χ3v) is 4.29. The lowest BCUT2D eigenvalue weighted by Crippen LogP contribution is -2.25. The van der Waals surface area contributed by atoms with Gasteiger partial charge in [0.05, 0.1) is 12.4 Å². The van der Waals surface area contributed by atoms with Crippen LogP contribution in [0.4, 0.5) is 0 Å². The second-order valence-electron chi connectivity index (χ2n) is 6.70. The van der Waals surface area contributed by atoms with E-state index in [2.05, 4.69) is 21.1 Å². The molecule has 158 valence electrons. The predicted octanol–water partition coefficient (Wildman–Crippen LogP) is 2.58. The average Bonchev–Trinajstić information content (AvgIpc) is 2.72. The van der Waals surface area contributed by atoms with Gasteiger partial charge in [-0.3, -0.25) is 9.59 Å². The molecule has 30 heavy (non-hydrogen) atoms. The first-order chi connectivity index (χ1) is 14.3. The lowest BCUT2D eigenvalue weighted by atomic mass is 10.1. The predicted molar refractivity (Wildman–Crippen MR) is 116 cm³/mol. The van der Waals surface area contributed by atoms with Gasteiger partial charge in [-0.15, -0.1) is 0 Å². The molecule has 8 heteroatoms. The zero-order chi connectivity index (χ0) is 21.9. The van der Waals surface area contributed by atoms with E-state index < -0.39 is 11.8 Å². The van der Waals surface area contributed by atoms with E-state index in [0.717, 1.165) is 22.3 Å². The van der Waals surface area contributed by atoms with Crippen molar-refractivity contribution in [3.8, 4) is 11.5 Å². The first kappa shape index (κ1) is 22.6. The number of carbonyl (C=O) groups excluding carboxylic acids is 2. The highest BCUT2D eigenvalue weighted by Gasteiger charge is 2.03. The van der Waals surface area contributed by atoms with Crippen molar-refractivity contribution in [2.75, 3.05) is 13.2 Å². The van der Waals surface area contributed by atoms with Gasteiger partial charge in [0, 0.05) is 0 Å². The fourth-order valence-corrected chi connectivity index (χ4v) is 2.25. The number of nitrogens with zero attached hydrogens (tertiary/aromatic N) is 2. The number of nitrogens with one attached hydrogen (secondary N) is 2. The van der Waals surface area contributed by atoms with Crippen LogP contribution in [0.3, 0.4) is 0 Å². The van der Waals surface area contributed by atoms with E-state index in [1.54, 1.807) is 12.1 Å². The van der Waals surface area contributed by atoms with Gasteiger partial charge in [0.1, 0.15) is 11.5 Å². The summed E-state index contributed by atoms with van der Waals surface area (Å²) in [6, 6.07) is 11.2. The molecule has 0 unspecified atom stereocenters. The van der Waals surface area contributed by atoms with Crippen LogP contribution in [0.15, 0.2) is 46.6 Å². The van der Waals surface area contributed by atoms with E-state index >= 15 is 0 Å². The Kier molecular flexibility index (Phi) is 8.56. The van der Waals surface area contributed by atoms with E-state index in [1.165, 1.54) is 12.4 Å². The summed E-state index contributed by atoms with van der Waals surface area (Å²) < 4.78 is 10.8. The number of hydrogen-bond donors (Lipinski definition) is 2. The number of aryl methyl sites for hydroxylation is 4. The molecular weight excluding hydrogens is 384 g/mol. The SMILES string of the molecule is Cc1ccc(OCC(=O)NN=CC=NNC(=O)COc2ccc(C)c(C)c2)cc1C. The molecule has 2 aromatic carbocycles. The minimum absolute atomic E-state index is 0.163. The van der Waals surface area contributed by atoms with Crippen LogP contribution < -0.4 is 20.3 Å². The van der Waals surface area contributed by atoms with Gasteiger partial charge in [-0.1, -0.05) is 12.1 Å². The molecule has 2 aromatic rings. The highest BCUT2D eigenvalue weighted by atomic mass is 16.5. The summed E-state index contributed by atoms with van der Waals surface area (Å²) in [6.45, 7) is 7.62. The van der Waals surface area contributed by atoms with E-state index in [4.69, 9.17) is 9.47 Å². The summed E-state index contributed by atoms with van der Waals surface area (Å²) in [5, 5.41) is 7.37. The molecule has 0 spiro atoms. The fourth-order valence-electron chi connectivity index (χ4n) is 2.25. The van der Waals surface area contributed by atoms with Crippen LogP contribution in [0.2, 0.25) is 0 Å². The summed E-state index contributed by atoms with van der Waals surface area (Å²) >= 11 is 0. The summed E-state index contributed by atoms with van der Waals surface area (Å²) in [6.07, 6.45) is 2.47. The number of amides is 2. The molecule has 0 fully saturated rings. The second kappa shape index (κ2) is 11.4. The van der Waals surface area contributed by atoms with Crippen molar-refractivity contribution in [3.05, 3.63) is 58.7 Å². The highest BCUT2D eigenvalue weighted by Crippen LogP contribution is 2.17. The topological polar surface area (TPSA) is 101 Å². The van der Waals surface area contributed by atoms with Crippen LogP contribution >= 0.6 is 0 Å². The lowest BCUT2D eigenvalue weighted by molar-refractivity contribution is -0.123. The van der Waals surface area contributed by atoms with Gasteiger partial charge in [-0.25, -0.2) is 10.9 Å². The molecule has 0 atom stereocenters. The van der Waals surface area contributed by atoms with Gasteiger partial charge >= 0.3 is 0 Å². The quantitative estimate of drug-likeness (QED) is 0.490. The number of benzene rings is 2. The molecular formula is C22H26N4O4. The molecule has 0 aliphatic heterocycles. The third-order valence-electron chi connectivity index (χ3n) is 4.29. The smallest absolute Gasteiger partial charge is 0.277 e. The minimum atomic E-state index is -0.413. The minimum Gasteiger partial charge on any atom is -0.484 e. The van der Waals surface area contributed by atoms with Crippen LogP contribution in [0.1, 0.15) is 22.3 Å². The summed E-state index contributed by atoms with van der Waals surface area (Å²) in [5.41, 5.74) is 9.08. The van der Waals surface area contributed by atoms with E-state index in [0.29, 0.717) is 11.5 Å². The Morgan fingerprint density at radius 1 is 0.733 bits per heavy atom. The number of rotatable bonds is 9. The van der Waals surface area contributed by atoms with Crippen molar-refractivity contribution in [2.45, 2.75) is 27.7 Å². The number of ether oxygens (including phenoxy) is 2. The van der Waals surface area contributed by atoms with Crippen LogP contribution in [0.5, 0.6) is 11.5 Å². The Hall–Kier alpha value is -3.68. The maximum absolute atomic E-state index is 11.7.